The molecule has 2 aromatic carbocycles. The van der Waals surface area contributed by atoms with Crippen LogP contribution in [-0.4, -0.2) is 52.6 Å². The molecule has 3 heterocycles. The lowest BCUT2D eigenvalue weighted by Gasteiger charge is -2.24. The average molecular weight is 472 g/mol. The Hall–Kier alpha value is -3.48. The number of rotatable bonds is 5. The number of carbonyl (C=O) groups excluding carboxylic acids is 2. The minimum Gasteiger partial charge on any atom is -0.464 e. The first kappa shape index (κ1) is 20.9. The fourth-order valence-corrected chi connectivity index (χ4v) is 5.54. The van der Waals surface area contributed by atoms with Gasteiger partial charge in [0.25, 0.3) is 5.91 Å². The topological polar surface area (TPSA) is 66.1 Å². The lowest BCUT2D eigenvalue weighted by molar-refractivity contribution is -0.131. The first-order valence-corrected chi connectivity index (χ1v) is 12.5. The molecule has 1 aromatic heterocycles. The zero-order valence-electron chi connectivity index (χ0n) is 19.4. The van der Waals surface area contributed by atoms with Crippen LogP contribution < -0.4 is 0 Å². The zero-order chi connectivity index (χ0) is 23.7. The van der Waals surface area contributed by atoms with Gasteiger partial charge >= 0.3 is 0 Å². The Morgan fingerprint density at radius 3 is 2.69 bits per heavy atom. The van der Waals surface area contributed by atoms with E-state index >= 15 is 4.39 Å². The third-order valence-corrected chi connectivity index (χ3v) is 7.90. The van der Waals surface area contributed by atoms with Crippen LogP contribution in [0.2, 0.25) is 0 Å². The highest BCUT2D eigenvalue weighted by molar-refractivity contribution is 6.16. The predicted octanol–water partition coefficient (Wildman–Crippen LogP) is 4.62. The first-order valence-electron chi connectivity index (χ1n) is 12.5. The van der Waals surface area contributed by atoms with Crippen molar-refractivity contribution < 1.29 is 18.4 Å². The number of hydrogen-bond acceptors (Lipinski definition) is 4. The largest absolute Gasteiger partial charge is 0.464 e. The average Bonchev–Trinajstić information content (AvgIpc) is 3.74. The fraction of sp³-hybridized carbons (Fsp3) is 0.393. The summed E-state index contributed by atoms with van der Waals surface area (Å²) in [5.74, 6) is 0.930. The molecule has 3 aromatic rings. The Bertz CT molecular complexity index is 1400. The maximum Gasteiger partial charge on any atom is 0.256 e. The van der Waals surface area contributed by atoms with Gasteiger partial charge in [0.1, 0.15) is 22.8 Å². The highest BCUT2D eigenvalue weighted by Gasteiger charge is 2.57. The standard InChI is InChI=1S/C28H26FN3O3/c29-23-14-21(3-5-22(23)19-4-6-24-20(13-19)8-12-35-24)25-30-28(9-10-28)27(34)32(25)16-17-7-11-31(15-17)26(33)18-1-2-18/h3-6,8,12-14,17-18H,1-2,7,9-11,15-16H2/t17-/m1/s1. The molecule has 2 saturated carbocycles. The molecular formula is C28H26FN3O3. The molecule has 3 fully saturated rings. The van der Waals surface area contributed by atoms with Crippen molar-refractivity contribution in [3.05, 3.63) is 60.1 Å². The highest BCUT2D eigenvalue weighted by atomic mass is 19.1. The summed E-state index contributed by atoms with van der Waals surface area (Å²) in [6.07, 6.45) is 5.99. The van der Waals surface area contributed by atoms with Gasteiger partial charge < -0.3 is 9.32 Å². The van der Waals surface area contributed by atoms with Crippen LogP contribution in [0.5, 0.6) is 0 Å². The van der Waals surface area contributed by atoms with Gasteiger partial charge in [-0.3, -0.25) is 19.5 Å². The van der Waals surface area contributed by atoms with Gasteiger partial charge in [-0.15, -0.1) is 0 Å². The van der Waals surface area contributed by atoms with Gasteiger partial charge in [-0.25, -0.2) is 4.39 Å². The van der Waals surface area contributed by atoms with E-state index in [0.717, 1.165) is 55.2 Å². The summed E-state index contributed by atoms with van der Waals surface area (Å²) in [6.45, 7) is 1.96. The summed E-state index contributed by atoms with van der Waals surface area (Å²) >= 11 is 0. The second-order valence-electron chi connectivity index (χ2n) is 10.5. The number of amides is 2. The Morgan fingerprint density at radius 1 is 1.09 bits per heavy atom. The summed E-state index contributed by atoms with van der Waals surface area (Å²) in [4.78, 5) is 34.3. The summed E-state index contributed by atoms with van der Waals surface area (Å²) in [6, 6.07) is 12.6. The SMILES string of the molecule is O=C(C1CC1)N1CC[C@@H](CN2C(=O)C3(CC3)N=C2c2ccc(-c3ccc4occc4c3)c(F)c2)C1. The second-order valence-corrected chi connectivity index (χ2v) is 10.5. The molecule has 2 aliphatic carbocycles. The molecular weight excluding hydrogens is 445 g/mol. The van der Waals surface area contributed by atoms with E-state index in [1.165, 1.54) is 6.07 Å². The molecule has 0 N–H and O–H groups in total. The van der Waals surface area contributed by atoms with Gasteiger partial charge in [0.2, 0.25) is 5.91 Å². The summed E-state index contributed by atoms with van der Waals surface area (Å²) < 4.78 is 20.7. The van der Waals surface area contributed by atoms with Crippen molar-refractivity contribution >= 4 is 28.6 Å². The molecule has 6 nitrogen and oxygen atoms in total. The van der Waals surface area contributed by atoms with E-state index in [1.54, 1.807) is 17.2 Å². The molecule has 7 heteroatoms. The minimum atomic E-state index is -0.654. The van der Waals surface area contributed by atoms with Crippen molar-refractivity contribution in [1.29, 1.82) is 0 Å². The number of amidine groups is 1. The monoisotopic (exact) mass is 471 g/mol. The lowest BCUT2D eigenvalue weighted by Crippen LogP contribution is -2.41. The fourth-order valence-electron chi connectivity index (χ4n) is 5.54. The summed E-state index contributed by atoms with van der Waals surface area (Å²) in [7, 11) is 0. The van der Waals surface area contributed by atoms with Gasteiger partial charge in [0.15, 0.2) is 0 Å². The lowest BCUT2D eigenvalue weighted by atomic mass is 10.0. The molecule has 0 radical (unpaired) electrons. The van der Waals surface area contributed by atoms with E-state index < -0.39 is 5.54 Å². The normalized spacial score (nSPS) is 22.9. The minimum absolute atomic E-state index is 0.0226. The summed E-state index contributed by atoms with van der Waals surface area (Å²) in [5, 5.41) is 0.921. The van der Waals surface area contributed by atoms with Crippen LogP contribution in [0.4, 0.5) is 4.39 Å². The molecule has 35 heavy (non-hydrogen) atoms. The Morgan fingerprint density at radius 2 is 1.91 bits per heavy atom. The number of fused-ring (bicyclic) bond motifs is 1. The van der Waals surface area contributed by atoms with Crippen LogP contribution in [0.25, 0.3) is 22.1 Å². The maximum atomic E-state index is 15.3. The number of carbonyl (C=O) groups is 2. The van der Waals surface area contributed by atoms with Crippen molar-refractivity contribution in [2.24, 2.45) is 16.8 Å². The van der Waals surface area contributed by atoms with Gasteiger partial charge in [-0.2, -0.15) is 0 Å². The van der Waals surface area contributed by atoms with E-state index in [1.807, 2.05) is 35.2 Å². The quantitative estimate of drug-likeness (QED) is 0.546. The highest BCUT2D eigenvalue weighted by Crippen LogP contribution is 2.46. The molecule has 0 unspecified atom stereocenters. The maximum absolute atomic E-state index is 15.3. The molecule has 2 amide bonds. The van der Waals surface area contributed by atoms with Crippen LogP contribution in [0, 0.1) is 17.7 Å². The number of benzene rings is 2. The van der Waals surface area contributed by atoms with E-state index in [-0.39, 0.29) is 29.5 Å². The molecule has 1 saturated heterocycles. The Balaban J connectivity index is 1.15. The van der Waals surface area contributed by atoms with Crippen LogP contribution in [0.3, 0.4) is 0 Å². The van der Waals surface area contributed by atoms with Crippen molar-refractivity contribution in [1.82, 2.24) is 9.80 Å². The van der Waals surface area contributed by atoms with Crippen molar-refractivity contribution in [2.75, 3.05) is 19.6 Å². The third kappa shape index (κ3) is 3.48. The molecule has 4 aliphatic rings. The Kier molecular flexibility index (Phi) is 4.47. The number of likely N-dealkylation sites (tertiary alicyclic amines) is 1. The molecule has 1 atom stereocenters. The number of nitrogens with zero attached hydrogens (tertiary/aromatic N) is 3. The smallest absolute Gasteiger partial charge is 0.256 e. The molecule has 7 rings (SSSR count). The van der Waals surface area contributed by atoms with E-state index in [4.69, 9.17) is 9.41 Å². The van der Waals surface area contributed by atoms with E-state index in [0.29, 0.717) is 30.1 Å². The second kappa shape index (κ2) is 7.51. The summed E-state index contributed by atoms with van der Waals surface area (Å²) in [5.41, 5.74) is 2.00. The number of hydrogen-bond donors (Lipinski definition) is 0. The Labute approximate surface area is 202 Å². The third-order valence-electron chi connectivity index (χ3n) is 7.90. The van der Waals surface area contributed by atoms with Gasteiger partial charge in [0, 0.05) is 42.1 Å². The van der Waals surface area contributed by atoms with Gasteiger partial charge in [-0.05, 0) is 67.9 Å². The predicted molar refractivity (Wildman–Crippen MR) is 129 cm³/mol. The first-order chi connectivity index (χ1) is 17.0. The van der Waals surface area contributed by atoms with Crippen LogP contribution in [0.1, 0.15) is 37.7 Å². The van der Waals surface area contributed by atoms with Gasteiger partial charge in [0.05, 0.1) is 6.26 Å². The van der Waals surface area contributed by atoms with Crippen molar-refractivity contribution in [3.8, 4) is 11.1 Å². The van der Waals surface area contributed by atoms with E-state index in [9.17, 15) is 9.59 Å². The van der Waals surface area contributed by atoms with Crippen LogP contribution >= 0.6 is 0 Å². The molecule has 2 aliphatic heterocycles. The number of aliphatic imine (C=N–C) groups is 1. The van der Waals surface area contributed by atoms with Gasteiger partial charge in [-0.1, -0.05) is 18.2 Å². The number of furan rings is 1. The number of halogens is 1. The van der Waals surface area contributed by atoms with E-state index in [2.05, 4.69) is 0 Å². The zero-order valence-corrected chi connectivity index (χ0v) is 19.4. The van der Waals surface area contributed by atoms with Crippen LogP contribution in [0.15, 0.2) is 58.1 Å². The van der Waals surface area contributed by atoms with Crippen molar-refractivity contribution in [2.45, 2.75) is 37.6 Å². The van der Waals surface area contributed by atoms with Crippen molar-refractivity contribution in [3.63, 3.8) is 0 Å². The molecule has 1 spiro atoms. The van der Waals surface area contributed by atoms with Crippen LogP contribution in [-0.2, 0) is 9.59 Å². The molecule has 178 valence electrons. The molecule has 0 bridgehead atoms.